The Morgan fingerprint density at radius 2 is 1.63 bits per heavy atom. The van der Waals surface area contributed by atoms with Crippen LogP contribution in [-0.2, 0) is 9.84 Å². The predicted octanol–water partition coefficient (Wildman–Crippen LogP) is 4.28. The van der Waals surface area contributed by atoms with Crippen molar-refractivity contribution in [2.75, 3.05) is 18.8 Å². The Hall–Kier alpha value is -3.58. The molecule has 0 radical (unpaired) electrons. The van der Waals surface area contributed by atoms with Gasteiger partial charge in [0.05, 0.1) is 4.90 Å². The van der Waals surface area contributed by atoms with Gasteiger partial charge in [-0.05, 0) is 52.4 Å². The van der Waals surface area contributed by atoms with Gasteiger partial charge in [-0.15, -0.1) is 0 Å². The topological polar surface area (TPSA) is 91.5 Å². The second kappa shape index (κ2) is 6.74. The zero-order chi connectivity index (χ0) is 20.9. The van der Waals surface area contributed by atoms with Gasteiger partial charge in [-0.3, -0.25) is 0 Å². The van der Waals surface area contributed by atoms with E-state index in [2.05, 4.69) is 4.98 Å². The smallest absolute Gasteiger partial charge is 0.231 e. The summed E-state index contributed by atoms with van der Waals surface area (Å²) in [4.78, 5) is 4.62. The molecule has 0 aliphatic carbocycles. The van der Waals surface area contributed by atoms with Crippen LogP contribution in [0, 0.1) is 0 Å². The Bertz CT molecular complexity index is 1410. The number of pyridine rings is 1. The molecule has 6 nitrogen and oxygen atoms in total. The molecule has 7 heteroatoms. The second-order valence-corrected chi connectivity index (χ2v) is 9.20. The number of aromatic nitrogens is 1. The molecule has 1 aromatic heterocycles. The Labute approximate surface area is 173 Å². The molecule has 0 saturated carbocycles. The molecule has 2 N–H and O–H groups in total. The molecule has 1 aliphatic rings. The van der Waals surface area contributed by atoms with Gasteiger partial charge in [0.25, 0.3) is 0 Å². The number of ether oxygens (including phenoxy) is 2. The average Bonchev–Trinajstić information content (AvgIpc) is 3.21. The third-order valence-electron chi connectivity index (χ3n) is 5.20. The zero-order valence-electron chi connectivity index (χ0n) is 16.1. The minimum absolute atomic E-state index is 0.225. The van der Waals surface area contributed by atoms with Gasteiger partial charge in [0.15, 0.2) is 21.3 Å². The van der Waals surface area contributed by atoms with Crippen molar-refractivity contribution in [2.45, 2.75) is 4.90 Å². The van der Waals surface area contributed by atoms with Crippen molar-refractivity contribution in [3.8, 4) is 33.8 Å². The highest BCUT2D eigenvalue weighted by Crippen LogP contribution is 2.38. The fourth-order valence-corrected chi connectivity index (χ4v) is 4.31. The Balaban J connectivity index is 1.66. The van der Waals surface area contributed by atoms with Crippen LogP contribution >= 0.6 is 0 Å². The Morgan fingerprint density at radius 3 is 2.47 bits per heavy atom. The van der Waals surface area contributed by atoms with Gasteiger partial charge in [0.2, 0.25) is 6.79 Å². The molecule has 0 atom stereocenters. The van der Waals surface area contributed by atoms with Gasteiger partial charge < -0.3 is 15.2 Å². The van der Waals surface area contributed by atoms with Gasteiger partial charge in [-0.25, -0.2) is 13.4 Å². The highest BCUT2D eigenvalue weighted by atomic mass is 32.2. The van der Waals surface area contributed by atoms with Crippen molar-refractivity contribution in [3.63, 3.8) is 0 Å². The van der Waals surface area contributed by atoms with Gasteiger partial charge in [0, 0.05) is 23.4 Å². The fraction of sp³-hybridized carbons (Fsp3) is 0.0870. The Kier molecular flexibility index (Phi) is 4.15. The summed E-state index contributed by atoms with van der Waals surface area (Å²) in [5.41, 5.74) is 9.72. The summed E-state index contributed by atoms with van der Waals surface area (Å²) in [5.74, 6) is 1.86. The van der Waals surface area contributed by atoms with E-state index in [-0.39, 0.29) is 11.7 Å². The van der Waals surface area contributed by atoms with Crippen LogP contribution in [0.2, 0.25) is 0 Å². The summed E-state index contributed by atoms with van der Waals surface area (Å²) in [6, 6.07) is 18.6. The number of benzene rings is 3. The minimum atomic E-state index is -3.31. The van der Waals surface area contributed by atoms with Crippen LogP contribution in [0.25, 0.3) is 33.0 Å². The van der Waals surface area contributed by atoms with Crippen molar-refractivity contribution >= 4 is 26.4 Å². The van der Waals surface area contributed by atoms with E-state index < -0.39 is 9.84 Å². The Morgan fingerprint density at radius 1 is 0.867 bits per heavy atom. The highest BCUT2D eigenvalue weighted by molar-refractivity contribution is 7.90. The van der Waals surface area contributed by atoms with Gasteiger partial charge in [-0.2, -0.15) is 0 Å². The molecule has 4 aromatic rings. The molecular weight excluding hydrogens is 400 g/mol. The number of hydrogen-bond donors (Lipinski definition) is 1. The van der Waals surface area contributed by atoms with E-state index >= 15 is 0 Å². The number of anilines is 1. The van der Waals surface area contributed by atoms with E-state index in [1.54, 1.807) is 24.4 Å². The normalized spacial score (nSPS) is 13.0. The number of nitrogens with zero attached hydrogens (tertiary/aromatic N) is 1. The van der Waals surface area contributed by atoms with E-state index in [0.29, 0.717) is 11.6 Å². The summed E-state index contributed by atoms with van der Waals surface area (Å²) in [7, 11) is -3.31. The van der Waals surface area contributed by atoms with Crippen molar-refractivity contribution in [1.29, 1.82) is 0 Å². The van der Waals surface area contributed by atoms with E-state index in [1.165, 1.54) is 6.26 Å². The number of sulfone groups is 1. The first-order valence-electron chi connectivity index (χ1n) is 9.29. The first-order chi connectivity index (χ1) is 14.4. The van der Waals surface area contributed by atoms with Gasteiger partial charge >= 0.3 is 0 Å². The maximum Gasteiger partial charge on any atom is 0.231 e. The molecule has 2 heterocycles. The lowest BCUT2D eigenvalue weighted by Crippen LogP contribution is -1.98. The quantitative estimate of drug-likeness (QED) is 0.534. The van der Waals surface area contributed by atoms with Crippen LogP contribution in [0.15, 0.2) is 71.8 Å². The van der Waals surface area contributed by atoms with E-state index in [4.69, 9.17) is 15.2 Å². The molecule has 5 rings (SSSR count). The first-order valence-corrected chi connectivity index (χ1v) is 11.2. The molecule has 30 heavy (non-hydrogen) atoms. The number of nitrogen functional groups attached to an aromatic ring is 1. The van der Waals surface area contributed by atoms with Crippen molar-refractivity contribution in [3.05, 3.63) is 66.9 Å². The first kappa shape index (κ1) is 18.4. The third-order valence-corrected chi connectivity index (χ3v) is 6.31. The van der Waals surface area contributed by atoms with E-state index in [0.717, 1.165) is 38.8 Å². The SMILES string of the molecule is CS(=O)(=O)c1cccc(-c2cnc(N)c3cc(-c4ccc5c(c4)OCO5)ccc23)c1. The third kappa shape index (κ3) is 3.13. The fourth-order valence-electron chi connectivity index (χ4n) is 3.64. The van der Waals surface area contributed by atoms with Crippen molar-refractivity contribution < 1.29 is 17.9 Å². The standard InChI is InChI=1S/C23H18N2O4S/c1-30(26,27)17-4-2-3-16(9-17)20-12-25-23(24)19-10-14(5-7-18(19)20)15-6-8-21-22(11-15)29-13-28-21/h2-12H,13H2,1H3,(H2,24,25). The molecule has 0 spiro atoms. The lowest BCUT2D eigenvalue weighted by Gasteiger charge is -2.12. The van der Waals surface area contributed by atoms with Crippen LogP contribution in [-0.4, -0.2) is 26.5 Å². The lowest BCUT2D eigenvalue weighted by atomic mass is 9.96. The van der Waals surface area contributed by atoms with Gasteiger partial charge in [-0.1, -0.05) is 30.3 Å². The largest absolute Gasteiger partial charge is 0.454 e. The summed E-state index contributed by atoms with van der Waals surface area (Å²) in [6.07, 6.45) is 2.88. The molecule has 0 amide bonds. The molecular formula is C23H18N2O4S. The van der Waals surface area contributed by atoms with E-state index in [1.807, 2.05) is 42.5 Å². The summed E-state index contributed by atoms with van der Waals surface area (Å²) < 4.78 is 34.8. The second-order valence-electron chi connectivity index (χ2n) is 7.19. The van der Waals surface area contributed by atoms with Crippen LogP contribution in [0.5, 0.6) is 11.5 Å². The van der Waals surface area contributed by atoms with Crippen LogP contribution < -0.4 is 15.2 Å². The number of fused-ring (bicyclic) bond motifs is 2. The summed E-state index contributed by atoms with van der Waals surface area (Å²) in [6.45, 7) is 0.225. The molecule has 0 fully saturated rings. The average molecular weight is 418 g/mol. The monoisotopic (exact) mass is 418 g/mol. The maximum absolute atomic E-state index is 12.0. The van der Waals surface area contributed by atoms with Crippen LogP contribution in [0.3, 0.4) is 0 Å². The zero-order valence-corrected chi connectivity index (χ0v) is 16.9. The van der Waals surface area contributed by atoms with Gasteiger partial charge in [0.1, 0.15) is 5.82 Å². The van der Waals surface area contributed by atoms with Crippen LogP contribution in [0.1, 0.15) is 0 Å². The molecule has 0 unspecified atom stereocenters. The molecule has 0 bridgehead atoms. The summed E-state index contributed by atoms with van der Waals surface area (Å²) >= 11 is 0. The number of hydrogen-bond acceptors (Lipinski definition) is 6. The minimum Gasteiger partial charge on any atom is -0.454 e. The predicted molar refractivity (Wildman–Crippen MR) is 116 cm³/mol. The number of nitrogens with two attached hydrogens (primary N) is 1. The van der Waals surface area contributed by atoms with E-state index in [9.17, 15) is 8.42 Å². The molecule has 0 saturated heterocycles. The molecule has 3 aromatic carbocycles. The van der Waals surface area contributed by atoms with Crippen molar-refractivity contribution in [1.82, 2.24) is 4.98 Å². The number of rotatable bonds is 3. The highest BCUT2D eigenvalue weighted by Gasteiger charge is 2.16. The van der Waals surface area contributed by atoms with Crippen molar-refractivity contribution in [2.24, 2.45) is 0 Å². The maximum atomic E-state index is 12.0. The summed E-state index contributed by atoms with van der Waals surface area (Å²) in [5, 5.41) is 1.70. The molecule has 1 aliphatic heterocycles. The lowest BCUT2D eigenvalue weighted by molar-refractivity contribution is 0.174. The van der Waals surface area contributed by atoms with Crippen LogP contribution in [0.4, 0.5) is 5.82 Å². The molecule has 150 valence electrons.